The van der Waals surface area contributed by atoms with E-state index in [9.17, 15) is 0 Å². The highest BCUT2D eigenvalue weighted by molar-refractivity contribution is 5.83. The van der Waals surface area contributed by atoms with Crippen LogP contribution in [0.2, 0.25) is 0 Å². The molecule has 0 spiro atoms. The van der Waals surface area contributed by atoms with Crippen molar-refractivity contribution in [1.29, 1.82) is 0 Å². The van der Waals surface area contributed by atoms with E-state index < -0.39 is 0 Å². The van der Waals surface area contributed by atoms with E-state index in [0.717, 1.165) is 18.9 Å². The second-order valence-corrected chi connectivity index (χ2v) is 2.90. The van der Waals surface area contributed by atoms with Gasteiger partial charge in [0.05, 0.1) is 12.7 Å². The zero-order valence-corrected chi connectivity index (χ0v) is 7.56. The Morgan fingerprint density at radius 3 is 3.08 bits per heavy atom. The standard InChI is InChI=1S/C9H12N2O2/c1-2-7(8-10-3-5-12-8)9-11-4-6-13-9/h3,5,7H,2,4,6H2,1H3. The quantitative estimate of drug-likeness (QED) is 0.709. The van der Waals surface area contributed by atoms with E-state index in [0.29, 0.717) is 12.5 Å². The summed E-state index contributed by atoms with van der Waals surface area (Å²) in [7, 11) is 0. The molecule has 13 heavy (non-hydrogen) atoms. The van der Waals surface area contributed by atoms with Crippen LogP contribution in [0.5, 0.6) is 0 Å². The van der Waals surface area contributed by atoms with Crippen LogP contribution in [0.25, 0.3) is 0 Å². The molecule has 1 atom stereocenters. The van der Waals surface area contributed by atoms with Gasteiger partial charge >= 0.3 is 0 Å². The molecule has 1 aliphatic heterocycles. The molecular formula is C9H12N2O2. The number of hydrogen-bond donors (Lipinski definition) is 0. The monoisotopic (exact) mass is 180 g/mol. The minimum absolute atomic E-state index is 0.0949. The Kier molecular flexibility index (Phi) is 2.29. The molecule has 2 heterocycles. The molecule has 0 radical (unpaired) electrons. The third-order valence-corrected chi connectivity index (χ3v) is 2.06. The molecule has 1 aromatic heterocycles. The first-order chi connectivity index (χ1) is 6.42. The van der Waals surface area contributed by atoms with Crippen molar-refractivity contribution in [3.8, 4) is 0 Å². The highest BCUT2D eigenvalue weighted by Gasteiger charge is 2.24. The van der Waals surface area contributed by atoms with E-state index in [-0.39, 0.29) is 5.92 Å². The van der Waals surface area contributed by atoms with Gasteiger partial charge < -0.3 is 9.15 Å². The zero-order chi connectivity index (χ0) is 9.10. The van der Waals surface area contributed by atoms with Gasteiger partial charge in [-0.25, -0.2) is 4.98 Å². The average molecular weight is 180 g/mol. The summed E-state index contributed by atoms with van der Waals surface area (Å²) in [5.41, 5.74) is 0. The summed E-state index contributed by atoms with van der Waals surface area (Å²) in [6, 6.07) is 0. The summed E-state index contributed by atoms with van der Waals surface area (Å²) in [4.78, 5) is 8.36. The molecule has 70 valence electrons. The van der Waals surface area contributed by atoms with Gasteiger partial charge in [0.1, 0.15) is 18.8 Å². The Hall–Kier alpha value is -1.32. The van der Waals surface area contributed by atoms with Gasteiger partial charge in [0, 0.05) is 0 Å². The summed E-state index contributed by atoms with van der Waals surface area (Å²) in [5, 5.41) is 0. The number of rotatable bonds is 3. The van der Waals surface area contributed by atoms with Crippen LogP contribution in [0.3, 0.4) is 0 Å². The minimum atomic E-state index is 0.0949. The highest BCUT2D eigenvalue weighted by Crippen LogP contribution is 2.21. The minimum Gasteiger partial charge on any atom is -0.478 e. The highest BCUT2D eigenvalue weighted by atomic mass is 16.5. The van der Waals surface area contributed by atoms with Crippen molar-refractivity contribution in [3.63, 3.8) is 0 Å². The van der Waals surface area contributed by atoms with E-state index in [1.807, 2.05) is 0 Å². The number of nitrogens with zero attached hydrogens (tertiary/aromatic N) is 2. The molecule has 4 nitrogen and oxygen atoms in total. The van der Waals surface area contributed by atoms with E-state index in [1.54, 1.807) is 12.5 Å². The van der Waals surface area contributed by atoms with Crippen LogP contribution in [0.1, 0.15) is 25.2 Å². The molecule has 0 aliphatic carbocycles. The van der Waals surface area contributed by atoms with E-state index in [4.69, 9.17) is 9.15 Å². The molecule has 0 saturated heterocycles. The second kappa shape index (κ2) is 3.60. The molecule has 0 N–H and O–H groups in total. The molecule has 1 aliphatic rings. The Labute approximate surface area is 76.6 Å². The lowest BCUT2D eigenvalue weighted by atomic mass is 10.1. The van der Waals surface area contributed by atoms with Crippen LogP contribution >= 0.6 is 0 Å². The fraction of sp³-hybridized carbons (Fsp3) is 0.556. The predicted molar refractivity (Wildman–Crippen MR) is 47.8 cm³/mol. The predicted octanol–water partition coefficient (Wildman–Crippen LogP) is 1.60. The largest absolute Gasteiger partial charge is 0.478 e. The maximum Gasteiger partial charge on any atom is 0.206 e. The SMILES string of the molecule is CCC(C1=NCCO1)c1ncco1. The van der Waals surface area contributed by atoms with Crippen molar-refractivity contribution in [2.75, 3.05) is 13.2 Å². The van der Waals surface area contributed by atoms with Crippen LogP contribution in [-0.4, -0.2) is 24.0 Å². The number of hydrogen-bond acceptors (Lipinski definition) is 4. The Balaban J connectivity index is 2.18. The van der Waals surface area contributed by atoms with Gasteiger partial charge in [-0.1, -0.05) is 6.92 Å². The molecule has 4 heteroatoms. The van der Waals surface area contributed by atoms with Crippen LogP contribution < -0.4 is 0 Å². The zero-order valence-electron chi connectivity index (χ0n) is 7.56. The van der Waals surface area contributed by atoms with Crippen LogP contribution in [0.4, 0.5) is 0 Å². The number of aliphatic imine (C=N–C) groups is 1. The summed E-state index contributed by atoms with van der Waals surface area (Å²) < 4.78 is 10.6. The second-order valence-electron chi connectivity index (χ2n) is 2.90. The van der Waals surface area contributed by atoms with Gasteiger partial charge in [0.2, 0.25) is 5.89 Å². The van der Waals surface area contributed by atoms with Gasteiger partial charge in [0.25, 0.3) is 0 Å². The maximum absolute atomic E-state index is 5.38. The average Bonchev–Trinajstić information content (AvgIpc) is 2.76. The van der Waals surface area contributed by atoms with Gasteiger partial charge in [-0.05, 0) is 6.42 Å². The van der Waals surface area contributed by atoms with Crippen molar-refractivity contribution in [2.45, 2.75) is 19.3 Å². The molecule has 2 rings (SSSR count). The molecule has 0 aromatic carbocycles. The summed E-state index contributed by atoms with van der Waals surface area (Å²) in [6.07, 6.45) is 4.13. The lowest BCUT2D eigenvalue weighted by molar-refractivity contribution is 0.323. The van der Waals surface area contributed by atoms with E-state index in [2.05, 4.69) is 16.9 Å². The molecule has 0 bridgehead atoms. The van der Waals surface area contributed by atoms with Crippen LogP contribution in [0.15, 0.2) is 21.9 Å². The fourth-order valence-corrected chi connectivity index (χ4v) is 1.42. The van der Waals surface area contributed by atoms with Crippen molar-refractivity contribution in [1.82, 2.24) is 4.98 Å². The van der Waals surface area contributed by atoms with Gasteiger partial charge in [-0.15, -0.1) is 0 Å². The summed E-state index contributed by atoms with van der Waals surface area (Å²) in [6.45, 7) is 3.51. The van der Waals surface area contributed by atoms with Gasteiger partial charge in [-0.3, -0.25) is 4.99 Å². The molecule has 1 unspecified atom stereocenters. The smallest absolute Gasteiger partial charge is 0.206 e. The normalized spacial score (nSPS) is 18.1. The lowest BCUT2D eigenvalue weighted by Crippen LogP contribution is -2.12. The Morgan fingerprint density at radius 2 is 2.54 bits per heavy atom. The Morgan fingerprint density at radius 1 is 1.62 bits per heavy atom. The van der Waals surface area contributed by atoms with Crippen molar-refractivity contribution in [3.05, 3.63) is 18.4 Å². The number of aromatic nitrogens is 1. The van der Waals surface area contributed by atoms with Crippen LogP contribution in [-0.2, 0) is 4.74 Å². The van der Waals surface area contributed by atoms with Gasteiger partial charge in [0.15, 0.2) is 5.90 Å². The number of oxazole rings is 1. The third-order valence-electron chi connectivity index (χ3n) is 2.06. The van der Waals surface area contributed by atoms with Crippen molar-refractivity contribution >= 4 is 5.90 Å². The first kappa shape index (κ1) is 8.29. The fourth-order valence-electron chi connectivity index (χ4n) is 1.42. The summed E-state index contributed by atoms with van der Waals surface area (Å²) in [5.74, 6) is 1.56. The Bertz CT molecular complexity index is 293. The van der Waals surface area contributed by atoms with Gasteiger partial charge in [-0.2, -0.15) is 0 Å². The first-order valence-electron chi connectivity index (χ1n) is 4.48. The molecule has 1 aromatic rings. The van der Waals surface area contributed by atoms with Crippen LogP contribution in [0, 0.1) is 0 Å². The number of ether oxygens (including phenoxy) is 1. The topological polar surface area (TPSA) is 47.6 Å². The molecule has 0 saturated carbocycles. The van der Waals surface area contributed by atoms with Crippen molar-refractivity contribution < 1.29 is 9.15 Å². The third kappa shape index (κ3) is 1.56. The molecular weight excluding hydrogens is 168 g/mol. The molecule has 0 amide bonds. The maximum atomic E-state index is 5.38. The van der Waals surface area contributed by atoms with Crippen molar-refractivity contribution in [2.24, 2.45) is 4.99 Å². The summed E-state index contributed by atoms with van der Waals surface area (Å²) >= 11 is 0. The first-order valence-corrected chi connectivity index (χ1v) is 4.48. The van der Waals surface area contributed by atoms with E-state index >= 15 is 0 Å². The molecule has 0 fully saturated rings. The lowest BCUT2D eigenvalue weighted by Gasteiger charge is -2.09. The van der Waals surface area contributed by atoms with E-state index in [1.165, 1.54) is 0 Å².